The molecule has 3 rings (SSSR count). The molecule has 2 bridgehead atoms. The lowest BCUT2D eigenvalue weighted by atomic mass is 9.71. The Morgan fingerprint density at radius 2 is 2.06 bits per heavy atom. The number of allylic oxidation sites excluding steroid dienone is 3. The predicted octanol–water partition coefficient (Wildman–Crippen LogP) is 4.10. The summed E-state index contributed by atoms with van der Waals surface area (Å²) in [6.45, 7) is 5.58. The van der Waals surface area contributed by atoms with Crippen LogP contribution in [-0.4, -0.2) is 12.7 Å². The molecule has 0 amide bonds. The average Bonchev–Trinajstić information content (AvgIpc) is 2.36. The summed E-state index contributed by atoms with van der Waals surface area (Å²) in [6.07, 6.45) is 11.9. The van der Waals surface area contributed by atoms with Crippen molar-refractivity contribution in [2.75, 3.05) is 6.61 Å². The van der Waals surface area contributed by atoms with Crippen LogP contribution in [0.1, 0.15) is 46.0 Å². The SMILES string of the molecule is CC1=CC[C@H]([C@@H]2OC[C@@H]3CC=C(C)[C@H]2C3)CC1. The molecule has 3 aliphatic rings. The van der Waals surface area contributed by atoms with Gasteiger partial charge in [-0.1, -0.05) is 23.3 Å². The lowest BCUT2D eigenvalue weighted by Gasteiger charge is -2.44. The molecule has 0 spiro atoms. The van der Waals surface area contributed by atoms with Crippen LogP contribution in [0.2, 0.25) is 0 Å². The summed E-state index contributed by atoms with van der Waals surface area (Å²) in [6, 6.07) is 0. The molecule has 1 nitrogen and oxygen atoms in total. The summed E-state index contributed by atoms with van der Waals surface area (Å²) in [5.41, 5.74) is 3.17. The van der Waals surface area contributed by atoms with Gasteiger partial charge in [0, 0.05) is 5.92 Å². The van der Waals surface area contributed by atoms with Gasteiger partial charge in [-0.25, -0.2) is 0 Å². The molecule has 17 heavy (non-hydrogen) atoms. The van der Waals surface area contributed by atoms with Crippen molar-refractivity contribution in [2.24, 2.45) is 17.8 Å². The normalized spacial score (nSPS) is 41.8. The molecule has 2 aliphatic carbocycles. The molecule has 0 aromatic heterocycles. The number of ether oxygens (including phenoxy) is 1. The summed E-state index contributed by atoms with van der Waals surface area (Å²) in [5.74, 6) is 2.30. The van der Waals surface area contributed by atoms with Crippen LogP contribution in [0.25, 0.3) is 0 Å². The fourth-order valence-corrected chi connectivity index (χ4v) is 3.79. The van der Waals surface area contributed by atoms with Crippen molar-refractivity contribution in [3.63, 3.8) is 0 Å². The van der Waals surface area contributed by atoms with Gasteiger partial charge in [0.05, 0.1) is 12.7 Å². The zero-order chi connectivity index (χ0) is 11.8. The number of rotatable bonds is 1. The Morgan fingerprint density at radius 3 is 2.82 bits per heavy atom. The van der Waals surface area contributed by atoms with E-state index >= 15 is 0 Å². The molecule has 1 heteroatoms. The lowest BCUT2D eigenvalue weighted by molar-refractivity contribution is -0.0807. The summed E-state index contributed by atoms with van der Waals surface area (Å²) < 4.78 is 6.22. The van der Waals surface area contributed by atoms with E-state index < -0.39 is 0 Å². The van der Waals surface area contributed by atoms with Crippen molar-refractivity contribution in [2.45, 2.75) is 52.1 Å². The minimum atomic E-state index is 0.507. The molecule has 0 aromatic rings. The van der Waals surface area contributed by atoms with E-state index in [1.807, 2.05) is 0 Å². The van der Waals surface area contributed by atoms with Crippen LogP contribution in [-0.2, 0) is 4.74 Å². The van der Waals surface area contributed by atoms with Gasteiger partial charge in [-0.2, -0.15) is 0 Å². The van der Waals surface area contributed by atoms with Crippen molar-refractivity contribution in [1.29, 1.82) is 0 Å². The first-order valence-electron chi connectivity index (χ1n) is 7.18. The molecule has 1 fully saturated rings. The third-order valence-electron chi connectivity index (χ3n) is 5.01. The second-order valence-corrected chi connectivity index (χ2v) is 6.27. The van der Waals surface area contributed by atoms with Crippen LogP contribution in [0.15, 0.2) is 23.3 Å². The molecule has 0 aromatic carbocycles. The Bertz CT molecular complexity index is 353. The minimum absolute atomic E-state index is 0.507. The van der Waals surface area contributed by atoms with E-state index in [-0.39, 0.29) is 0 Å². The predicted molar refractivity (Wildman–Crippen MR) is 70.8 cm³/mol. The maximum Gasteiger partial charge on any atom is 0.0671 e. The van der Waals surface area contributed by atoms with Crippen LogP contribution < -0.4 is 0 Å². The Hall–Kier alpha value is -0.560. The van der Waals surface area contributed by atoms with Crippen LogP contribution in [0.5, 0.6) is 0 Å². The molecular weight excluding hydrogens is 208 g/mol. The summed E-state index contributed by atoms with van der Waals surface area (Å²) in [7, 11) is 0. The molecule has 1 saturated heterocycles. The monoisotopic (exact) mass is 232 g/mol. The van der Waals surface area contributed by atoms with E-state index in [4.69, 9.17) is 4.74 Å². The lowest BCUT2D eigenvalue weighted by Crippen LogP contribution is -2.42. The van der Waals surface area contributed by atoms with E-state index in [0.717, 1.165) is 24.4 Å². The zero-order valence-corrected chi connectivity index (χ0v) is 11.1. The number of hydrogen-bond acceptors (Lipinski definition) is 1. The van der Waals surface area contributed by atoms with Gasteiger partial charge in [0.25, 0.3) is 0 Å². The molecule has 0 N–H and O–H groups in total. The molecule has 1 heterocycles. The average molecular weight is 232 g/mol. The highest BCUT2D eigenvalue weighted by Crippen LogP contribution is 2.42. The van der Waals surface area contributed by atoms with Gasteiger partial charge in [0.1, 0.15) is 0 Å². The fraction of sp³-hybridized carbons (Fsp3) is 0.750. The van der Waals surface area contributed by atoms with Gasteiger partial charge in [-0.05, 0) is 57.8 Å². The number of fused-ring (bicyclic) bond motifs is 2. The zero-order valence-electron chi connectivity index (χ0n) is 11.1. The second kappa shape index (κ2) is 4.61. The standard InChI is InChI=1S/C16H24O/c1-11-3-7-14(8-4-11)16-15-9-13(10-17-16)6-5-12(15)2/h3,5,13-16H,4,6-10H2,1-2H3/t13-,14+,15-,16+/m1/s1. The molecule has 0 unspecified atom stereocenters. The van der Waals surface area contributed by atoms with Crippen LogP contribution >= 0.6 is 0 Å². The smallest absolute Gasteiger partial charge is 0.0671 e. The van der Waals surface area contributed by atoms with Gasteiger partial charge in [-0.3, -0.25) is 0 Å². The van der Waals surface area contributed by atoms with E-state index in [1.54, 1.807) is 11.1 Å². The van der Waals surface area contributed by atoms with Gasteiger partial charge >= 0.3 is 0 Å². The van der Waals surface area contributed by atoms with Gasteiger partial charge in [-0.15, -0.1) is 0 Å². The van der Waals surface area contributed by atoms with E-state index in [1.165, 1.54) is 32.1 Å². The Balaban J connectivity index is 1.75. The third-order valence-corrected chi connectivity index (χ3v) is 5.01. The maximum atomic E-state index is 6.22. The first kappa shape index (κ1) is 11.5. The molecular formula is C16H24O. The molecule has 0 radical (unpaired) electrons. The quantitative estimate of drug-likeness (QED) is 0.618. The molecule has 1 aliphatic heterocycles. The third kappa shape index (κ3) is 2.22. The fourth-order valence-electron chi connectivity index (χ4n) is 3.79. The Morgan fingerprint density at radius 1 is 1.18 bits per heavy atom. The highest BCUT2D eigenvalue weighted by molar-refractivity contribution is 5.14. The Kier molecular flexibility index (Phi) is 3.12. The van der Waals surface area contributed by atoms with E-state index in [0.29, 0.717) is 6.10 Å². The topological polar surface area (TPSA) is 9.23 Å². The second-order valence-electron chi connectivity index (χ2n) is 6.27. The van der Waals surface area contributed by atoms with Crippen LogP contribution in [0.4, 0.5) is 0 Å². The maximum absolute atomic E-state index is 6.22. The van der Waals surface area contributed by atoms with Crippen LogP contribution in [0, 0.1) is 17.8 Å². The van der Waals surface area contributed by atoms with Crippen molar-refractivity contribution >= 4 is 0 Å². The first-order valence-corrected chi connectivity index (χ1v) is 7.18. The first-order chi connectivity index (χ1) is 8.24. The van der Waals surface area contributed by atoms with Crippen molar-refractivity contribution < 1.29 is 4.74 Å². The van der Waals surface area contributed by atoms with Crippen molar-refractivity contribution in [3.8, 4) is 0 Å². The van der Waals surface area contributed by atoms with Gasteiger partial charge in [0.15, 0.2) is 0 Å². The molecule has 94 valence electrons. The van der Waals surface area contributed by atoms with E-state index in [2.05, 4.69) is 26.0 Å². The van der Waals surface area contributed by atoms with Crippen molar-refractivity contribution in [1.82, 2.24) is 0 Å². The highest BCUT2D eigenvalue weighted by atomic mass is 16.5. The van der Waals surface area contributed by atoms with Crippen molar-refractivity contribution in [3.05, 3.63) is 23.3 Å². The summed E-state index contributed by atoms with van der Waals surface area (Å²) >= 11 is 0. The van der Waals surface area contributed by atoms with E-state index in [9.17, 15) is 0 Å². The van der Waals surface area contributed by atoms with Gasteiger partial charge in [0.2, 0.25) is 0 Å². The number of hydrogen-bond donors (Lipinski definition) is 0. The molecule has 0 saturated carbocycles. The van der Waals surface area contributed by atoms with Crippen LogP contribution in [0.3, 0.4) is 0 Å². The summed E-state index contributed by atoms with van der Waals surface area (Å²) in [4.78, 5) is 0. The van der Waals surface area contributed by atoms with Gasteiger partial charge < -0.3 is 4.74 Å². The minimum Gasteiger partial charge on any atom is -0.377 e. The Labute approximate surface area is 105 Å². The summed E-state index contributed by atoms with van der Waals surface area (Å²) in [5, 5.41) is 0. The highest BCUT2D eigenvalue weighted by Gasteiger charge is 2.38. The largest absolute Gasteiger partial charge is 0.377 e. The molecule has 4 atom stereocenters.